The van der Waals surface area contributed by atoms with Crippen molar-refractivity contribution in [1.29, 1.82) is 0 Å². The van der Waals surface area contributed by atoms with Gasteiger partial charge < -0.3 is 10.1 Å². The molecular formula is C16H24N2O2. The number of nitrogens with one attached hydrogen (secondary N) is 1. The average molecular weight is 276 g/mol. The second-order valence-electron chi connectivity index (χ2n) is 5.57. The van der Waals surface area contributed by atoms with Crippen LogP contribution in [0.15, 0.2) is 24.3 Å². The Bertz CT molecular complexity index is 425. The summed E-state index contributed by atoms with van der Waals surface area (Å²) in [5.41, 5.74) is 1.18. The predicted molar refractivity (Wildman–Crippen MR) is 79.7 cm³/mol. The number of likely N-dealkylation sites (N-methyl/N-ethyl adjacent to an activating group) is 1. The van der Waals surface area contributed by atoms with E-state index in [4.69, 9.17) is 4.74 Å². The van der Waals surface area contributed by atoms with E-state index in [2.05, 4.69) is 5.32 Å². The van der Waals surface area contributed by atoms with Gasteiger partial charge in [-0.1, -0.05) is 25.0 Å². The summed E-state index contributed by atoms with van der Waals surface area (Å²) >= 11 is 0. The third-order valence-corrected chi connectivity index (χ3v) is 3.75. The standard InChI is InChI=1S/C16H24N2O2/c1-18(11-13-7-9-15(20-2)10-8-13)12-16(19)17-14-5-3-4-6-14/h7-10,14H,3-6,11-12H2,1-2H3,(H,17,19). The number of carbonyl (C=O) groups is 1. The summed E-state index contributed by atoms with van der Waals surface area (Å²) in [6.07, 6.45) is 4.75. The summed E-state index contributed by atoms with van der Waals surface area (Å²) in [7, 11) is 3.63. The maximum Gasteiger partial charge on any atom is 0.234 e. The lowest BCUT2D eigenvalue weighted by atomic mass is 10.2. The van der Waals surface area contributed by atoms with Gasteiger partial charge in [-0.25, -0.2) is 0 Å². The number of ether oxygens (including phenoxy) is 1. The van der Waals surface area contributed by atoms with E-state index in [1.165, 1.54) is 18.4 Å². The summed E-state index contributed by atoms with van der Waals surface area (Å²) < 4.78 is 5.14. The molecule has 1 aromatic carbocycles. The van der Waals surface area contributed by atoms with Crippen LogP contribution >= 0.6 is 0 Å². The van der Waals surface area contributed by atoms with Crippen molar-refractivity contribution in [1.82, 2.24) is 10.2 Å². The lowest BCUT2D eigenvalue weighted by Crippen LogP contribution is -2.39. The van der Waals surface area contributed by atoms with Crippen molar-refractivity contribution in [3.8, 4) is 5.75 Å². The first-order valence-electron chi connectivity index (χ1n) is 7.28. The normalized spacial score (nSPS) is 15.6. The number of benzene rings is 1. The second kappa shape index (κ2) is 7.29. The van der Waals surface area contributed by atoms with E-state index in [-0.39, 0.29) is 5.91 Å². The Kier molecular flexibility index (Phi) is 5.41. The maximum atomic E-state index is 11.9. The third-order valence-electron chi connectivity index (χ3n) is 3.75. The highest BCUT2D eigenvalue weighted by molar-refractivity contribution is 5.78. The van der Waals surface area contributed by atoms with E-state index in [9.17, 15) is 4.79 Å². The molecule has 1 aliphatic rings. The number of methoxy groups -OCH3 is 1. The Balaban J connectivity index is 1.75. The first-order valence-corrected chi connectivity index (χ1v) is 7.28. The first-order chi connectivity index (χ1) is 9.67. The largest absolute Gasteiger partial charge is 0.497 e. The van der Waals surface area contributed by atoms with Gasteiger partial charge in [-0.05, 0) is 37.6 Å². The van der Waals surface area contributed by atoms with Crippen molar-refractivity contribution in [3.63, 3.8) is 0 Å². The van der Waals surface area contributed by atoms with Gasteiger partial charge in [-0.15, -0.1) is 0 Å². The summed E-state index contributed by atoms with van der Waals surface area (Å²) in [5, 5.41) is 3.11. The molecule has 4 heteroatoms. The van der Waals surface area contributed by atoms with Crippen LogP contribution in [0.4, 0.5) is 0 Å². The minimum atomic E-state index is 0.132. The Morgan fingerprint density at radius 1 is 1.30 bits per heavy atom. The minimum absolute atomic E-state index is 0.132. The maximum absolute atomic E-state index is 11.9. The van der Waals surface area contributed by atoms with Gasteiger partial charge in [0.2, 0.25) is 5.91 Å². The zero-order valence-electron chi connectivity index (χ0n) is 12.4. The zero-order valence-corrected chi connectivity index (χ0v) is 12.4. The minimum Gasteiger partial charge on any atom is -0.497 e. The van der Waals surface area contributed by atoms with Crippen molar-refractivity contribution >= 4 is 5.91 Å². The molecule has 1 saturated carbocycles. The molecule has 0 saturated heterocycles. The molecule has 110 valence electrons. The van der Waals surface area contributed by atoms with Gasteiger partial charge in [0.15, 0.2) is 0 Å². The fourth-order valence-corrected chi connectivity index (χ4v) is 2.69. The summed E-state index contributed by atoms with van der Waals surface area (Å²) in [6.45, 7) is 1.21. The van der Waals surface area contributed by atoms with Gasteiger partial charge in [0, 0.05) is 12.6 Å². The van der Waals surface area contributed by atoms with Gasteiger partial charge in [0.05, 0.1) is 13.7 Å². The predicted octanol–water partition coefficient (Wildman–Crippen LogP) is 2.19. The van der Waals surface area contributed by atoms with Crippen LogP contribution < -0.4 is 10.1 Å². The zero-order chi connectivity index (χ0) is 14.4. The molecule has 1 fully saturated rings. The van der Waals surface area contributed by atoms with Crippen molar-refractivity contribution in [2.24, 2.45) is 0 Å². The van der Waals surface area contributed by atoms with Crippen molar-refractivity contribution < 1.29 is 9.53 Å². The molecule has 0 heterocycles. The van der Waals surface area contributed by atoms with Gasteiger partial charge >= 0.3 is 0 Å². The van der Waals surface area contributed by atoms with Crippen molar-refractivity contribution in [2.45, 2.75) is 38.3 Å². The number of nitrogens with zero attached hydrogens (tertiary/aromatic N) is 1. The molecule has 0 aliphatic heterocycles. The van der Waals surface area contributed by atoms with E-state index >= 15 is 0 Å². The quantitative estimate of drug-likeness (QED) is 0.866. The number of carbonyl (C=O) groups excluding carboxylic acids is 1. The van der Waals surface area contributed by atoms with E-state index in [0.29, 0.717) is 12.6 Å². The molecule has 1 aromatic rings. The monoisotopic (exact) mass is 276 g/mol. The molecule has 0 radical (unpaired) electrons. The molecule has 0 spiro atoms. The van der Waals surface area contributed by atoms with Crippen LogP contribution in [-0.4, -0.2) is 37.6 Å². The Morgan fingerprint density at radius 2 is 1.95 bits per heavy atom. The number of hydrogen-bond donors (Lipinski definition) is 1. The van der Waals surface area contributed by atoms with E-state index in [1.54, 1.807) is 7.11 Å². The first kappa shape index (κ1) is 14.9. The topological polar surface area (TPSA) is 41.6 Å². The molecule has 0 unspecified atom stereocenters. The molecule has 2 rings (SSSR count). The van der Waals surface area contributed by atoms with Crippen molar-refractivity contribution in [3.05, 3.63) is 29.8 Å². The van der Waals surface area contributed by atoms with E-state index in [0.717, 1.165) is 25.1 Å². The lowest BCUT2D eigenvalue weighted by Gasteiger charge is -2.18. The average Bonchev–Trinajstić information content (AvgIpc) is 2.92. The lowest BCUT2D eigenvalue weighted by molar-refractivity contribution is -0.122. The Labute approximate surface area is 121 Å². The number of rotatable bonds is 6. The second-order valence-corrected chi connectivity index (χ2v) is 5.57. The van der Waals surface area contributed by atoms with E-state index < -0.39 is 0 Å². The van der Waals surface area contributed by atoms with Gasteiger partial charge in [-0.3, -0.25) is 9.69 Å². The highest BCUT2D eigenvalue weighted by Gasteiger charge is 2.17. The highest BCUT2D eigenvalue weighted by atomic mass is 16.5. The molecule has 1 amide bonds. The molecule has 0 aromatic heterocycles. The van der Waals surface area contributed by atoms with Crippen LogP contribution in [0.3, 0.4) is 0 Å². The van der Waals surface area contributed by atoms with Gasteiger partial charge in [-0.2, -0.15) is 0 Å². The fourth-order valence-electron chi connectivity index (χ4n) is 2.69. The molecule has 0 bridgehead atoms. The molecule has 1 N–H and O–H groups in total. The van der Waals surface area contributed by atoms with Crippen LogP contribution in [0.2, 0.25) is 0 Å². The Hall–Kier alpha value is -1.55. The smallest absolute Gasteiger partial charge is 0.234 e. The van der Waals surface area contributed by atoms with Gasteiger partial charge in [0.1, 0.15) is 5.75 Å². The molecule has 0 atom stereocenters. The van der Waals surface area contributed by atoms with Crippen LogP contribution in [-0.2, 0) is 11.3 Å². The Morgan fingerprint density at radius 3 is 2.55 bits per heavy atom. The van der Waals surface area contributed by atoms with E-state index in [1.807, 2.05) is 36.2 Å². The van der Waals surface area contributed by atoms with Crippen LogP contribution in [0.25, 0.3) is 0 Å². The number of hydrogen-bond acceptors (Lipinski definition) is 3. The highest BCUT2D eigenvalue weighted by Crippen LogP contribution is 2.17. The number of amides is 1. The molecule has 1 aliphatic carbocycles. The summed E-state index contributed by atoms with van der Waals surface area (Å²) in [5.74, 6) is 0.989. The summed E-state index contributed by atoms with van der Waals surface area (Å²) in [4.78, 5) is 14.0. The third kappa shape index (κ3) is 4.53. The summed E-state index contributed by atoms with van der Waals surface area (Å²) in [6, 6.07) is 8.36. The molecule has 20 heavy (non-hydrogen) atoms. The SMILES string of the molecule is COc1ccc(CN(C)CC(=O)NC2CCCC2)cc1. The molecular weight excluding hydrogens is 252 g/mol. The van der Waals surface area contributed by atoms with Gasteiger partial charge in [0.25, 0.3) is 0 Å². The van der Waals surface area contributed by atoms with Crippen LogP contribution in [0.5, 0.6) is 5.75 Å². The van der Waals surface area contributed by atoms with Crippen LogP contribution in [0.1, 0.15) is 31.2 Å². The van der Waals surface area contributed by atoms with Crippen molar-refractivity contribution in [2.75, 3.05) is 20.7 Å². The molecule has 4 nitrogen and oxygen atoms in total. The van der Waals surface area contributed by atoms with Crippen LogP contribution in [0, 0.1) is 0 Å². The fraction of sp³-hybridized carbons (Fsp3) is 0.562.